The number of aromatic nitrogens is 3. The van der Waals surface area contributed by atoms with Crippen molar-refractivity contribution in [2.75, 3.05) is 5.73 Å². The molecule has 2 heterocycles. The lowest BCUT2D eigenvalue weighted by Gasteiger charge is -2.00. The molecule has 2 aromatic heterocycles. The zero-order valence-corrected chi connectivity index (χ0v) is 9.99. The maximum absolute atomic E-state index is 13.2. The molecule has 0 aliphatic heterocycles. The van der Waals surface area contributed by atoms with Gasteiger partial charge in [0.05, 0.1) is 23.8 Å². The summed E-state index contributed by atoms with van der Waals surface area (Å²) in [4.78, 5) is 3.80. The smallest absolute Gasteiger partial charge is 0.142 e. The van der Waals surface area contributed by atoms with E-state index in [0.29, 0.717) is 16.9 Å². The number of para-hydroxylation sites is 1. The van der Waals surface area contributed by atoms with Crippen LogP contribution in [-0.4, -0.2) is 14.8 Å². The summed E-state index contributed by atoms with van der Waals surface area (Å²) in [6.45, 7) is 0. The average Bonchev–Trinajstić information content (AvgIpc) is 2.82. The summed E-state index contributed by atoms with van der Waals surface area (Å²) in [5.74, 6) is -0.411. The molecule has 3 aromatic rings. The maximum atomic E-state index is 13.2. The molecule has 0 saturated carbocycles. The fourth-order valence-electron chi connectivity index (χ4n) is 1.87. The van der Waals surface area contributed by atoms with Gasteiger partial charge in [0.25, 0.3) is 0 Å². The van der Waals surface area contributed by atoms with Crippen molar-refractivity contribution in [2.45, 2.75) is 0 Å². The van der Waals surface area contributed by atoms with Gasteiger partial charge in [-0.3, -0.25) is 4.98 Å². The van der Waals surface area contributed by atoms with Crippen LogP contribution in [0.15, 0.2) is 55.0 Å². The van der Waals surface area contributed by atoms with Crippen LogP contribution < -0.4 is 5.73 Å². The molecule has 2 N–H and O–H groups in total. The molecule has 0 aliphatic rings. The van der Waals surface area contributed by atoms with Crippen LogP contribution in [0.2, 0.25) is 0 Å². The van der Waals surface area contributed by atoms with E-state index >= 15 is 0 Å². The highest BCUT2D eigenvalue weighted by molar-refractivity contribution is 5.71. The molecule has 4 nitrogen and oxygen atoms in total. The largest absolute Gasteiger partial charge is 0.396 e. The Labute approximate surface area is 109 Å². The van der Waals surface area contributed by atoms with Crippen molar-refractivity contribution in [1.29, 1.82) is 0 Å². The summed E-state index contributed by atoms with van der Waals surface area (Å²) in [5.41, 5.74) is 8.39. The number of nitrogen functional groups attached to an aromatic ring is 1. The van der Waals surface area contributed by atoms with Crippen molar-refractivity contribution in [2.24, 2.45) is 0 Å². The van der Waals surface area contributed by atoms with Gasteiger partial charge in [0.1, 0.15) is 11.5 Å². The molecule has 0 saturated heterocycles. The Morgan fingerprint density at radius 3 is 2.63 bits per heavy atom. The second-order valence-corrected chi connectivity index (χ2v) is 4.11. The highest BCUT2D eigenvalue weighted by Gasteiger charge is 2.10. The number of anilines is 1. The van der Waals surface area contributed by atoms with Crippen LogP contribution in [0.5, 0.6) is 0 Å². The van der Waals surface area contributed by atoms with Crippen LogP contribution in [0.4, 0.5) is 10.1 Å². The first-order valence-electron chi connectivity index (χ1n) is 5.75. The van der Waals surface area contributed by atoms with Crippen molar-refractivity contribution in [1.82, 2.24) is 14.8 Å². The number of benzene rings is 1. The molecule has 0 spiro atoms. The SMILES string of the molecule is Nc1cn(-c2ccccc2)nc1-c1cncc(F)c1. The molecule has 0 atom stereocenters. The number of nitrogens with two attached hydrogens (primary N) is 1. The molecule has 1 aromatic carbocycles. The molecule has 19 heavy (non-hydrogen) atoms. The maximum Gasteiger partial charge on any atom is 0.142 e. The molecule has 0 unspecified atom stereocenters. The van der Waals surface area contributed by atoms with Crippen LogP contribution in [0.3, 0.4) is 0 Å². The minimum absolute atomic E-state index is 0.411. The van der Waals surface area contributed by atoms with Crippen molar-refractivity contribution >= 4 is 5.69 Å². The Kier molecular flexibility index (Phi) is 2.72. The lowest BCUT2D eigenvalue weighted by Crippen LogP contribution is -1.94. The minimum Gasteiger partial charge on any atom is -0.396 e. The number of hydrogen-bond acceptors (Lipinski definition) is 3. The molecular formula is C14H11FN4. The summed E-state index contributed by atoms with van der Waals surface area (Å²) in [6, 6.07) is 10.9. The van der Waals surface area contributed by atoms with Crippen LogP contribution in [0.1, 0.15) is 0 Å². The van der Waals surface area contributed by atoms with E-state index in [2.05, 4.69) is 10.1 Å². The third kappa shape index (κ3) is 2.18. The first-order chi connectivity index (χ1) is 9.24. The van der Waals surface area contributed by atoms with E-state index in [1.807, 2.05) is 30.3 Å². The quantitative estimate of drug-likeness (QED) is 0.764. The van der Waals surface area contributed by atoms with Crippen molar-refractivity contribution in [3.8, 4) is 16.9 Å². The number of pyridine rings is 1. The lowest BCUT2D eigenvalue weighted by molar-refractivity contribution is 0.622. The van der Waals surface area contributed by atoms with Gasteiger partial charge in [0.15, 0.2) is 0 Å². The Bertz CT molecular complexity index is 706. The first kappa shape index (κ1) is 11.4. The fourth-order valence-corrected chi connectivity index (χ4v) is 1.87. The monoisotopic (exact) mass is 254 g/mol. The molecule has 0 fully saturated rings. The zero-order chi connectivity index (χ0) is 13.2. The van der Waals surface area contributed by atoms with Gasteiger partial charge in [-0.15, -0.1) is 0 Å². The van der Waals surface area contributed by atoms with Crippen molar-refractivity contribution in [3.05, 3.63) is 60.8 Å². The van der Waals surface area contributed by atoms with E-state index < -0.39 is 5.82 Å². The third-order valence-electron chi connectivity index (χ3n) is 2.74. The van der Waals surface area contributed by atoms with Gasteiger partial charge in [-0.25, -0.2) is 9.07 Å². The minimum atomic E-state index is -0.411. The average molecular weight is 254 g/mol. The standard InChI is InChI=1S/C14H11FN4/c15-11-6-10(7-17-8-11)14-13(16)9-19(18-14)12-4-2-1-3-5-12/h1-9H,16H2. The molecule has 3 rings (SSSR count). The number of nitrogens with zero attached hydrogens (tertiary/aromatic N) is 3. The lowest BCUT2D eigenvalue weighted by atomic mass is 10.2. The number of rotatable bonds is 2. The van der Waals surface area contributed by atoms with Gasteiger partial charge in [-0.1, -0.05) is 18.2 Å². The van der Waals surface area contributed by atoms with Gasteiger partial charge in [-0.05, 0) is 18.2 Å². The van der Waals surface area contributed by atoms with E-state index in [1.54, 1.807) is 10.9 Å². The van der Waals surface area contributed by atoms with E-state index in [0.717, 1.165) is 11.9 Å². The Morgan fingerprint density at radius 2 is 1.89 bits per heavy atom. The molecule has 0 aliphatic carbocycles. The highest BCUT2D eigenvalue weighted by atomic mass is 19.1. The molecular weight excluding hydrogens is 243 g/mol. The topological polar surface area (TPSA) is 56.7 Å². The van der Waals surface area contributed by atoms with Crippen LogP contribution in [0.25, 0.3) is 16.9 Å². The highest BCUT2D eigenvalue weighted by Crippen LogP contribution is 2.25. The van der Waals surface area contributed by atoms with Gasteiger partial charge >= 0.3 is 0 Å². The van der Waals surface area contributed by atoms with E-state index in [9.17, 15) is 4.39 Å². The first-order valence-corrected chi connectivity index (χ1v) is 5.75. The predicted molar refractivity (Wildman–Crippen MR) is 71.2 cm³/mol. The molecule has 0 radical (unpaired) electrons. The second-order valence-electron chi connectivity index (χ2n) is 4.11. The van der Waals surface area contributed by atoms with Crippen LogP contribution in [-0.2, 0) is 0 Å². The predicted octanol–water partition coefficient (Wildman–Crippen LogP) is 2.66. The van der Waals surface area contributed by atoms with Gasteiger partial charge in [0.2, 0.25) is 0 Å². The van der Waals surface area contributed by atoms with Gasteiger partial charge in [-0.2, -0.15) is 5.10 Å². The second kappa shape index (κ2) is 4.53. The number of hydrogen-bond donors (Lipinski definition) is 1. The summed E-state index contributed by atoms with van der Waals surface area (Å²) in [5, 5.41) is 4.38. The Hall–Kier alpha value is -2.69. The fraction of sp³-hybridized carbons (Fsp3) is 0. The van der Waals surface area contributed by atoms with E-state index in [1.165, 1.54) is 12.3 Å². The summed E-state index contributed by atoms with van der Waals surface area (Å²) in [6.07, 6.45) is 4.39. The van der Waals surface area contributed by atoms with Gasteiger partial charge < -0.3 is 5.73 Å². The van der Waals surface area contributed by atoms with Crippen LogP contribution in [0, 0.1) is 5.82 Å². The van der Waals surface area contributed by atoms with E-state index in [4.69, 9.17) is 5.73 Å². The zero-order valence-electron chi connectivity index (χ0n) is 9.99. The Morgan fingerprint density at radius 1 is 1.11 bits per heavy atom. The van der Waals surface area contributed by atoms with Gasteiger partial charge in [0, 0.05) is 11.8 Å². The molecule has 0 amide bonds. The normalized spacial score (nSPS) is 10.6. The summed E-state index contributed by atoms with van der Waals surface area (Å²) < 4.78 is 14.8. The third-order valence-corrected chi connectivity index (χ3v) is 2.74. The van der Waals surface area contributed by atoms with E-state index in [-0.39, 0.29) is 0 Å². The molecule has 5 heteroatoms. The molecule has 0 bridgehead atoms. The van der Waals surface area contributed by atoms with Crippen LogP contribution >= 0.6 is 0 Å². The van der Waals surface area contributed by atoms with Crippen molar-refractivity contribution < 1.29 is 4.39 Å². The molecule has 94 valence electrons. The number of halogens is 1. The summed E-state index contributed by atoms with van der Waals surface area (Å²) >= 11 is 0. The summed E-state index contributed by atoms with van der Waals surface area (Å²) in [7, 11) is 0. The van der Waals surface area contributed by atoms with Crippen molar-refractivity contribution in [3.63, 3.8) is 0 Å². The Balaban J connectivity index is 2.08.